The zero-order valence-electron chi connectivity index (χ0n) is 14.4. The summed E-state index contributed by atoms with van der Waals surface area (Å²) in [6.07, 6.45) is -5.99. The van der Waals surface area contributed by atoms with Gasteiger partial charge in [0.25, 0.3) is 0 Å². The number of rotatable bonds is 7. The maximum Gasteiger partial charge on any atom is 0.338 e. The van der Waals surface area contributed by atoms with Crippen LogP contribution >= 0.6 is 0 Å². The van der Waals surface area contributed by atoms with Crippen molar-refractivity contribution in [3.63, 3.8) is 0 Å². The molecule has 1 unspecified atom stereocenters. The Bertz CT molecular complexity index is 598. The van der Waals surface area contributed by atoms with Crippen LogP contribution in [0.2, 0.25) is 0 Å². The van der Waals surface area contributed by atoms with E-state index in [-0.39, 0.29) is 19.8 Å². The summed E-state index contributed by atoms with van der Waals surface area (Å²) in [5.41, 5.74) is 0.338. The Kier molecular flexibility index (Phi) is 7.33. The van der Waals surface area contributed by atoms with Crippen LogP contribution in [0.3, 0.4) is 0 Å². The van der Waals surface area contributed by atoms with E-state index < -0.39 is 43.2 Å². The summed E-state index contributed by atoms with van der Waals surface area (Å²) in [4.78, 5) is 13.0. The van der Waals surface area contributed by atoms with Crippen molar-refractivity contribution >= 4 is 5.97 Å². The fraction of sp³-hybridized carbons (Fsp3) is 0.588. The molecule has 26 heavy (non-hydrogen) atoms. The maximum absolute atomic E-state index is 11.7. The average molecular weight is 371 g/mol. The SMILES string of the molecule is CCOC(=O)c1cccc(OCCN2C(O)[C@H](O)[C@@H](O)[C@H](O)[C@H]2CO)c1. The zero-order valence-corrected chi connectivity index (χ0v) is 14.4. The van der Waals surface area contributed by atoms with Crippen molar-refractivity contribution in [2.45, 2.75) is 37.5 Å². The van der Waals surface area contributed by atoms with Gasteiger partial charge in [-0.25, -0.2) is 4.79 Å². The quantitative estimate of drug-likeness (QED) is 0.356. The van der Waals surface area contributed by atoms with Gasteiger partial charge in [-0.15, -0.1) is 0 Å². The first-order chi connectivity index (χ1) is 12.4. The molecule has 0 radical (unpaired) electrons. The third-order valence-corrected chi connectivity index (χ3v) is 4.32. The van der Waals surface area contributed by atoms with Gasteiger partial charge >= 0.3 is 5.97 Å². The molecule has 0 aromatic heterocycles. The van der Waals surface area contributed by atoms with E-state index in [0.29, 0.717) is 11.3 Å². The highest BCUT2D eigenvalue weighted by Gasteiger charge is 2.46. The summed E-state index contributed by atoms with van der Waals surface area (Å²) in [5, 5.41) is 48.9. The number of carbonyl (C=O) groups excluding carboxylic acids is 1. The van der Waals surface area contributed by atoms with Crippen molar-refractivity contribution in [1.29, 1.82) is 0 Å². The number of hydrogen-bond acceptors (Lipinski definition) is 9. The largest absolute Gasteiger partial charge is 0.492 e. The number of likely N-dealkylation sites (tertiary alicyclic amines) is 1. The number of aliphatic hydroxyl groups is 5. The highest BCUT2D eigenvalue weighted by molar-refractivity contribution is 5.89. The molecule has 9 heteroatoms. The van der Waals surface area contributed by atoms with Crippen molar-refractivity contribution in [3.05, 3.63) is 29.8 Å². The predicted molar refractivity (Wildman–Crippen MR) is 89.5 cm³/mol. The highest BCUT2D eigenvalue weighted by Crippen LogP contribution is 2.23. The molecule has 0 bridgehead atoms. The van der Waals surface area contributed by atoms with Gasteiger partial charge in [-0.2, -0.15) is 0 Å². The van der Waals surface area contributed by atoms with E-state index in [1.165, 1.54) is 11.0 Å². The van der Waals surface area contributed by atoms with E-state index in [0.717, 1.165) is 0 Å². The van der Waals surface area contributed by atoms with Gasteiger partial charge in [0.15, 0.2) is 0 Å². The van der Waals surface area contributed by atoms with E-state index in [2.05, 4.69) is 0 Å². The molecule has 1 aromatic carbocycles. The minimum Gasteiger partial charge on any atom is -0.492 e. The third kappa shape index (κ3) is 4.50. The molecular formula is C17H25NO8. The van der Waals surface area contributed by atoms with Crippen molar-refractivity contribution in [2.75, 3.05) is 26.4 Å². The standard InChI is InChI=1S/C17H25NO8/c1-2-25-17(24)10-4-3-5-11(8-10)26-7-6-18-12(9-19)13(20)14(21)15(22)16(18)23/h3-5,8,12-16,19-23H,2,6-7,9H2,1H3/t12-,13-,14+,15-,16?/m1/s1. The van der Waals surface area contributed by atoms with Crippen molar-refractivity contribution in [3.8, 4) is 5.75 Å². The molecule has 1 heterocycles. The number of ether oxygens (including phenoxy) is 2. The van der Waals surface area contributed by atoms with Crippen LogP contribution in [-0.4, -0.2) is 93.3 Å². The van der Waals surface area contributed by atoms with Crippen LogP contribution in [0.25, 0.3) is 0 Å². The van der Waals surface area contributed by atoms with Gasteiger partial charge in [0.05, 0.1) is 24.8 Å². The molecule has 5 N–H and O–H groups in total. The van der Waals surface area contributed by atoms with Gasteiger partial charge < -0.3 is 35.0 Å². The normalized spacial score (nSPS) is 29.4. The Morgan fingerprint density at radius 1 is 1.15 bits per heavy atom. The van der Waals surface area contributed by atoms with Crippen LogP contribution in [0, 0.1) is 0 Å². The Balaban J connectivity index is 1.98. The van der Waals surface area contributed by atoms with E-state index in [9.17, 15) is 30.3 Å². The zero-order chi connectivity index (χ0) is 19.3. The minimum atomic E-state index is -1.57. The smallest absolute Gasteiger partial charge is 0.338 e. The number of carbonyl (C=O) groups is 1. The van der Waals surface area contributed by atoms with Gasteiger partial charge in [0.2, 0.25) is 0 Å². The van der Waals surface area contributed by atoms with E-state index in [4.69, 9.17) is 9.47 Å². The van der Waals surface area contributed by atoms with E-state index in [1.807, 2.05) is 0 Å². The van der Waals surface area contributed by atoms with Crippen LogP contribution in [0.15, 0.2) is 24.3 Å². The molecule has 1 aliphatic rings. The first kappa shape index (κ1) is 20.6. The molecule has 0 amide bonds. The lowest BCUT2D eigenvalue weighted by Crippen LogP contribution is -2.67. The Morgan fingerprint density at radius 3 is 2.54 bits per heavy atom. The van der Waals surface area contributed by atoms with E-state index in [1.54, 1.807) is 25.1 Å². The van der Waals surface area contributed by atoms with Gasteiger partial charge in [-0.1, -0.05) is 6.07 Å². The van der Waals surface area contributed by atoms with Crippen molar-refractivity contribution in [1.82, 2.24) is 4.90 Å². The first-order valence-corrected chi connectivity index (χ1v) is 8.39. The van der Waals surface area contributed by atoms with Gasteiger partial charge in [-0.3, -0.25) is 4.90 Å². The highest BCUT2D eigenvalue weighted by atomic mass is 16.5. The number of nitrogens with zero attached hydrogens (tertiary/aromatic N) is 1. The minimum absolute atomic E-state index is 0.0510. The lowest BCUT2D eigenvalue weighted by Gasteiger charge is -2.46. The van der Waals surface area contributed by atoms with Crippen LogP contribution < -0.4 is 4.74 Å². The van der Waals surface area contributed by atoms with Crippen molar-refractivity contribution < 1.29 is 39.8 Å². The van der Waals surface area contributed by atoms with Crippen LogP contribution in [0.5, 0.6) is 5.75 Å². The number of hydrogen-bond donors (Lipinski definition) is 5. The van der Waals surface area contributed by atoms with Gasteiger partial charge in [-0.05, 0) is 25.1 Å². The molecule has 1 fully saturated rings. The van der Waals surface area contributed by atoms with Crippen LogP contribution in [-0.2, 0) is 4.74 Å². The predicted octanol–water partition coefficient (Wildman–Crippen LogP) is -1.68. The molecule has 5 atom stereocenters. The molecular weight excluding hydrogens is 346 g/mol. The topological polar surface area (TPSA) is 140 Å². The Morgan fingerprint density at radius 2 is 1.88 bits per heavy atom. The molecule has 1 aromatic rings. The number of benzene rings is 1. The molecule has 0 aliphatic carbocycles. The summed E-state index contributed by atoms with van der Waals surface area (Å²) in [6.45, 7) is 1.57. The molecule has 0 spiro atoms. The summed E-state index contributed by atoms with van der Waals surface area (Å²) in [5.74, 6) is -0.0614. The maximum atomic E-state index is 11.7. The molecule has 0 saturated carbocycles. The molecule has 2 rings (SSSR count). The molecule has 146 valence electrons. The lowest BCUT2D eigenvalue weighted by molar-refractivity contribution is -0.223. The second-order valence-corrected chi connectivity index (χ2v) is 5.97. The molecule has 9 nitrogen and oxygen atoms in total. The Labute approximate surface area is 151 Å². The fourth-order valence-electron chi connectivity index (χ4n) is 2.90. The second-order valence-electron chi connectivity index (χ2n) is 5.97. The van der Waals surface area contributed by atoms with Crippen LogP contribution in [0.4, 0.5) is 0 Å². The van der Waals surface area contributed by atoms with E-state index >= 15 is 0 Å². The van der Waals surface area contributed by atoms with Crippen LogP contribution in [0.1, 0.15) is 17.3 Å². The number of aliphatic hydroxyl groups excluding tert-OH is 5. The third-order valence-electron chi connectivity index (χ3n) is 4.32. The first-order valence-electron chi connectivity index (χ1n) is 8.39. The monoisotopic (exact) mass is 371 g/mol. The average Bonchev–Trinajstić information content (AvgIpc) is 2.64. The number of piperidine rings is 1. The fourth-order valence-corrected chi connectivity index (χ4v) is 2.90. The summed E-state index contributed by atoms with van der Waals surface area (Å²) in [6, 6.07) is 5.44. The summed E-state index contributed by atoms with van der Waals surface area (Å²) in [7, 11) is 0. The molecule has 1 aliphatic heterocycles. The summed E-state index contributed by atoms with van der Waals surface area (Å²) >= 11 is 0. The van der Waals surface area contributed by atoms with Crippen molar-refractivity contribution in [2.24, 2.45) is 0 Å². The molecule has 1 saturated heterocycles. The van der Waals surface area contributed by atoms with Gasteiger partial charge in [0, 0.05) is 6.54 Å². The Hall–Kier alpha value is -1.75. The van der Waals surface area contributed by atoms with Gasteiger partial charge in [0.1, 0.15) is 36.9 Å². The lowest BCUT2D eigenvalue weighted by atomic mass is 9.93. The summed E-state index contributed by atoms with van der Waals surface area (Å²) < 4.78 is 10.5. The number of esters is 1. The second kappa shape index (κ2) is 9.26.